The number of nitrogens with two attached hydrogens (primary N) is 1. The molecule has 2 nitrogen and oxygen atoms in total. The summed E-state index contributed by atoms with van der Waals surface area (Å²) in [7, 11) is 0. The molecular formula is C19H21NO. The second-order valence-electron chi connectivity index (χ2n) is 6.56. The minimum absolute atomic E-state index is 0.0974. The molecular weight excluding hydrogens is 258 g/mol. The van der Waals surface area contributed by atoms with Crippen LogP contribution in [0, 0.1) is 0 Å². The summed E-state index contributed by atoms with van der Waals surface area (Å²) in [6.45, 7) is 0.778. The third-order valence-electron chi connectivity index (χ3n) is 5.00. The minimum atomic E-state index is -0.0974. The molecule has 108 valence electrons. The van der Waals surface area contributed by atoms with E-state index >= 15 is 0 Å². The lowest BCUT2D eigenvalue weighted by Crippen LogP contribution is -2.46. The normalized spacial score (nSPS) is 26.8. The Balaban J connectivity index is 1.56. The van der Waals surface area contributed by atoms with Gasteiger partial charge >= 0.3 is 0 Å². The summed E-state index contributed by atoms with van der Waals surface area (Å²) in [6, 6.07) is 17.1. The highest BCUT2D eigenvalue weighted by Crippen LogP contribution is 2.40. The zero-order chi connectivity index (χ0) is 14.3. The van der Waals surface area contributed by atoms with Crippen LogP contribution in [0.15, 0.2) is 48.5 Å². The molecule has 4 rings (SSSR count). The van der Waals surface area contributed by atoms with Crippen molar-refractivity contribution in [2.24, 2.45) is 5.73 Å². The summed E-state index contributed by atoms with van der Waals surface area (Å²) in [5, 5.41) is 0. The number of aryl methyl sites for hydroxylation is 1. The second-order valence-corrected chi connectivity index (χ2v) is 6.56. The van der Waals surface area contributed by atoms with E-state index in [9.17, 15) is 0 Å². The molecule has 0 amide bonds. The average Bonchev–Trinajstić information content (AvgIpc) is 2.90. The van der Waals surface area contributed by atoms with Crippen LogP contribution in [0.4, 0.5) is 0 Å². The lowest BCUT2D eigenvalue weighted by atomic mass is 9.73. The Morgan fingerprint density at radius 1 is 1.05 bits per heavy atom. The molecule has 2 N–H and O–H groups in total. The summed E-state index contributed by atoms with van der Waals surface area (Å²) in [6.07, 6.45) is 4.17. The van der Waals surface area contributed by atoms with Gasteiger partial charge in [0.2, 0.25) is 0 Å². The van der Waals surface area contributed by atoms with Crippen molar-refractivity contribution in [1.82, 2.24) is 0 Å². The smallest absolute Gasteiger partial charge is 0.122 e. The average molecular weight is 279 g/mol. The van der Waals surface area contributed by atoms with Crippen LogP contribution in [0.3, 0.4) is 0 Å². The molecule has 0 radical (unpaired) electrons. The van der Waals surface area contributed by atoms with Gasteiger partial charge in [-0.1, -0.05) is 42.5 Å². The van der Waals surface area contributed by atoms with Crippen LogP contribution in [0.2, 0.25) is 0 Å². The van der Waals surface area contributed by atoms with Gasteiger partial charge in [-0.3, -0.25) is 0 Å². The Kier molecular flexibility index (Phi) is 3.00. The van der Waals surface area contributed by atoms with Crippen molar-refractivity contribution in [3.63, 3.8) is 0 Å². The number of hydrogen-bond donors (Lipinski definition) is 1. The highest BCUT2D eigenvalue weighted by molar-refractivity contribution is 5.40. The van der Waals surface area contributed by atoms with Gasteiger partial charge in [0.05, 0.1) is 6.61 Å². The summed E-state index contributed by atoms with van der Waals surface area (Å²) in [5.74, 6) is 1.48. The van der Waals surface area contributed by atoms with Gasteiger partial charge in [-0.25, -0.2) is 0 Å². The molecule has 0 fully saturated rings. The molecule has 0 saturated heterocycles. The predicted molar refractivity (Wildman–Crippen MR) is 84.7 cm³/mol. The maximum absolute atomic E-state index is 6.76. The van der Waals surface area contributed by atoms with Crippen molar-refractivity contribution < 1.29 is 4.74 Å². The highest BCUT2D eigenvalue weighted by Gasteiger charge is 2.36. The van der Waals surface area contributed by atoms with Gasteiger partial charge in [-0.2, -0.15) is 0 Å². The first-order chi connectivity index (χ1) is 10.2. The summed E-state index contributed by atoms with van der Waals surface area (Å²) in [4.78, 5) is 0. The Morgan fingerprint density at radius 3 is 2.71 bits per heavy atom. The zero-order valence-electron chi connectivity index (χ0n) is 12.2. The monoisotopic (exact) mass is 279 g/mol. The number of fused-ring (bicyclic) bond motifs is 2. The SMILES string of the molecule is NC1(CC2COc3ccccc32)CCc2ccccc2C1. The predicted octanol–water partition coefficient (Wildman–Crippen LogP) is 3.44. The van der Waals surface area contributed by atoms with Crippen molar-refractivity contribution in [2.75, 3.05) is 6.61 Å². The fourth-order valence-corrected chi connectivity index (χ4v) is 3.89. The van der Waals surface area contributed by atoms with E-state index in [0.717, 1.165) is 38.0 Å². The van der Waals surface area contributed by atoms with Gasteiger partial charge in [-0.15, -0.1) is 0 Å². The van der Waals surface area contributed by atoms with Crippen LogP contribution >= 0.6 is 0 Å². The van der Waals surface area contributed by atoms with Crippen molar-refractivity contribution in [3.05, 3.63) is 65.2 Å². The number of benzene rings is 2. The van der Waals surface area contributed by atoms with E-state index in [1.54, 1.807) is 0 Å². The quantitative estimate of drug-likeness (QED) is 0.914. The molecule has 2 aliphatic rings. The first-order valence-electron chi connectivity index (χ1n) is 7.81. The van der Waals surface area contributed by atoms with Gasteiger partial charge in [0, 0.05) is 17.0 Å². The molecule has 21 heavy (non-hydrogen) atoms. The lowest BCUT2D eigenvalue weighted by molar-refractivity contribution is 0.271. The second kappa shape index (κ2) is 4.88. The topological polar surface area (TPSA) is 35.2 Å². The van der Waals surface area contributed by atoms with Gasteiger partial charge in [0.15, 0.2) is 0 Å². The van der Waals surface area contributed by atoms with Gasteiger partial charge in [0.1, 0.15) is 5.75 Å². The third-order valence-corrected chi connectivity index (χ3v) is 5.00. The molecule has 2 heteroatoms. The molecule has 2 aromatic rings. The first kappa shape index (κ1) is 12.9. The number of hydrogen-bond acceptors (Lipinski definition) is 2. The van der Waals surface area contributed by atoms with Crippen molar-refractivity contribution in [2.45, 2.75) is 37.1 Å². The van der Waals surface area contributed by atoms with E-state index in [1.165, 1.54) is 16.7 Å². The van der Waals surface area contributed by atoms with E-state index in [4.69, 9.17) is 10.5 Å². The molecule has 2 unspecified atom stereocenters. The van der Waals surface area contributed by atoms with E-state index in [0.29, 0.717) is 5.92 Å². The van der Waals surface area contributed by atoms with E-state index in [-0.39, 0.29) is 5.54 Å². The molecule has 2 aromatic carbocycles. The Hall–Kier alpha value is -1.80. The lowest BCUT2D eigenvalue weighted by Gasteiger charge is -2.36. The fraction of sp³-hybridized carbons (Fsp3) is 0.368. The fourth-order valence-electron chi connectivity index (χ4n) is 3.89. The number of rotatable bonds is 2. The van der Waals surface area contributed by atoms with Crippen LogP contribution in [0.25, 0.3) is 0 Å². The summed E-state index contributed by atoms with van der Waals surface area (Å²) in [5.41, 5.74) is 10.9. The van der Waals surface area contributed by atoms with Crippen molar-refractivity contribution >= 4 is 0 Å². The Labute approximate surface area is 125 Å². The van der Waals surface area contributed by atoms with Gasteiger partial charge in [-0.05, 0) is 42.9 Å². The van der Waals surface area contributed by atoms with Crippen LogP contribution in [-0.2, 0) is 12.8 Å². The molecule has 1 aliphatic carbocycles. The van der Waals surface area contributed by atoms with Crippen molar-refractivity contribution in [3.8, 4) is 5.75 Å². The van der Waals surface area contributed by atoms with Crippen LogP contribution in [0.1, 0.15) is 35.4 Å². The highest BCUT2D eigenvalue weighted by atomic mass is 16.5. The number of para-hydroxylation sites is 1. The van der Waals surface area contributed by atoms with Gasteiger partial charge in [0.25, 0.3) is 0 Å². The molecule has 0 saturated carbocycles. The zero-order valence-corrected chi connectivity index (χ0v) is 12.2. The number of ether oxygens (including phenoxy) is 1. The molecule has 0 spiro atoms. The summed E-state index contributed by atoms with van der Waals surface area (Å²) < 4.78 is 5.81. The largest absolute Gasteiger partial charge is 0.493 e. The maximum atomic E-state index is 6.76. The molecule has 0 bridgehead atoms. The van der Waals surface area contributed by atoms with Crippen LogP contribution < -0.4 is 10.5 Å². The van der Waals surface area contributed by atoms with Crippen LogP contribution in [-0.4, -0.2) is 12.1 Å². The van der Waals surface area contributed by atoms with Gasteiger partial charge < -0.3 is 10.5 Å². The van der Waals surface area contributed by atoms with E-state index in [1.807, 2.05) is 6.07 Å². The first-order valence-corrected chi connectivity index (χ1v) is 7.81. The molecule has 0 aromatic heterocycles. The Morgan fingerprint density at radius 2 is 1.81 bits per heavy atom. The maximum Gasteiger partial charge on any atom is 0.122 e. The van der Waals surface area contributed by atoms with E-state index in [2.05, 4.69) is 42.5 Å². The third kappa shape index (κ3) is 2.34. The van der Waals surface area contributed by atoms with Crippen LogP contribution in [0.5, 0.6) is 5.75 Å². The van der Waals surface area contributed by atoms with E-state index < -0.39 is 0 Å². The standard InChI is InChI=1S/C19H21NO/c20-19(10-9-14-5-1-2-6-15(14)11-19)12-16-13-21-18-8-4-3-7-17(16)18/h1-8,16H,9-13,20H2. The van der Waals surface area contributed by atoms with Crippen molar-refractivity contribution in [1.29, 1.82) is 0 Å². The summed E-state index contributed by atoms with van der Waals surface area (Å²) >= 11 is 0. The Bertz CT molecular complexity index is 666. The minimum Gasteiger partial charge on any atom is -0.493 e. The molecule has 1 aliphatic heterocycles. The molecule has 2 atom stereocenters. The molecule has 1 heterocycles.